The molecule has 1 unspecified atom stereocenters. The first kappa shape index (κ1) is 22.2. The molecule has 0 amide bonds. The lowest BCUT2D eigenvalue weighted by Crippen LogP contribution is -2.11. The first-order valence-corrected chi connectivity index (χ1v) is 10.9. The van der Waals surface area contributed by atoms with Crippen LogP contribution in [0.5, 0.6) is 5.75 Å². The zero-order valence-electron chi connectivity index (χ0n) is 18.1. The van der Waals surface area contributed by atoms with Crippen LogP contribution < -0.4 is 10.1 Å². The summed E-state index contributed by atoms with van der Waals surface area (Å²) < 4.78 is 6.10. The molecule has 0 aliphatic rings. The van der Waals surface area contributed by atoms with Crippen LogP contribution in [0.2, 0.25) is 0 Å². The lowest BCUT2D eigenvalue weighted by molar-refractivity contribution is 0.355. The van der Waals surface area contributed by atoms with Gasteiger partial charge in [-0.05, 0) is 65.2 Å². The Kier molecular flexibility index (Phi) is 8.78. The van der Waals surface area contributed by atoms with Crippen LogP contribution in [0.15, 0.2) is 47.6 Å². The van der Waals surface area contributed by atoms with Gasteiger partial charge in [-0.15, -0.1) is 11.3 Å². The second-order valence-electron chi connectivity index (χ2n) is 7.66. The third-order valence-corrected chi connectivity index (χ3v) is 5.83. The van der Waals surface area contributed by atoms with Crippen molar-refractivity contribution in [2.75, 3.05) is 18.5 Å². The molecule has 0 aliphatic carbocycles. The molecule has 1 aromatic carbocycles. The van der Waals surface area contributed by atoms with Crippen LogP contribution in [0.3, 0.4) is 0 Å². The van der Waals surface area contributed by atoms with Crippen LogP contribution in [-0.2, 0) is 0 Å². The van der Waals surface area contributed by atoms with Gasteiger partial charge < -0.3 is 10.1 Å². The molecule has 0 aliphatic heterocycles. The van der Waals surface area contributed by atoms with Crippen molar-refractivity contribution < 1.29 is 4.74 Å². The molecule has 28 heavy (non-hydrogen) atoms. The van der Waals surface area contributed by atoms with Crippen molar-refractivity contribution in [3.8, 4) is 5.75 Å². The van der Waals surface area contributed by atoms with Crippen LogP contribution in [0.1, 0.15) is 62.6 Å². The van der Waals surface area contributed by atoms with E-state index in [2.05, 4.69) is 82.2 Å². The standard InChI is InChI=1S/C24H34N2OS/c1-17(2)10-9-11-18(3)14-15-27-23-13-8-7-12-22(23)19(4)16-25-24-26-20(5)21(6)28-24/h7-8,10,12-14,19H,9,11,15-16H2,1-6H3,(H,25,26)/b18-14+. The van der Waals surface area contributed by atoms with Crippen molar-refractivity contribution >= 4 is 16.5 Å². The number of ether oxygens (including phenoxy) is 1. The number of nitrogens with one attached hydrogen (secondary N) is 1. The number of anilines is 1. The minimum absolute atomic E-state index is 0.337. The molecule has 0 spiro atoms. The van der Waals surface area contributed by atoms with Gasteiger partial charge in [-0.3, -0.25) is 0 Å². The monoisotopic (exact) mass is 398 g/mol. The average molecular weight is 399 g/mol. The molecule has 0 bridgehead atoms. The predicted molar refractivity (Wildman–Crippen MR) is 123 cm³/mol. The summed E-state index contributed by atoms with van der Waals surface area (Å²) >= 11 is 1.72. The zero-order chi connectivity index (χ0) is 20.5. The average Bonchev–Trinajstić information content (AvgIpc) is 2.97. The van der Waals surface area contributed by atoms with E-state index in [4.69, 9.17) is 4.74 Å². The summed E-state index contributed by atoms with van der Waals surface area (Å²) in [6.45, 7) is 14.3. The van der Waals surface area contributed by atoms with Crippen molar-refractivity contribution in [1.29, 1.82) is 0 Å². The van der Waals surface area contributed by atoms with Gasteiger partial charge >= 0.3 is 0 Å². The van der Waals surface area contributed by atoms with Crippen LogP contribution >= 0.6 is 11.3 Å². The molecule has 1 atom stereocenters. The molecule has 0 saturated heterocycles. The Balaban J connectivity index is 1.91. The SMILES string of the molecule is CC(C)=CCC/C(C)=C/COc1ccccc1C(C)CNc1nc(C)c(C)s1. The molecule has 1 heterocycles. The third-order valence-electron chi connectivity index (χ3n) is 4.80. The number of aryl methyl sites for hydroxylation is 2. The highest BCUT2D eigenvalue weighted by molar-refractivity contribution is 7.15. The molecule has 1 aromatic heterocycles. The lowest BCUT2D eigenvalue weighted by Gasteiger charge is -2.17. The van der Waals surface area contributed by atoms with E-state index in [1.165, 1.54) is 21.6 Å². The summed E-state index contributed by atoms with van der Waals surface area (Å²) in [5, 5.41) is 4.47. The van der Waals surface area contributed by atoms with Crippen LogP contribution in [0.4, 0.5) is 5.13 Å². The summed E-state index contributed by atoms with van der Waals surface area (Å²) in [5.74, 6) is 1.31. The highest BCUT2D eigenvalue weighted by Crippen LogP contribution is 2.28. The lowest BCUT2D eigenvalue weighted by atomic mass is 10.0. The summed E-state index contributed by atoms with van der Waals surface area (Å²) in [6, 6.07) is 8.34. The number of hydrogen-bond donors (Lipinski definition) is 1. The Morgan fingerprint density at radius 1 is 1.18 bits per heavy atom. The number of thiazole rings is 1. The van der Waals surface area contributed by atoms with E-state index in [1.807, 2.05) is 6.07 Å². The molecular weight excluding hydrogens is 364 g/mol. The Labute approximate surface area is 174 Å². The molecule has 0 fully saturated rings. The van der Waals surface area contributed by atoms with Crippen molar-refractivity contribution in [2.24, 2.45) is 0 Å². The second kappa shape index (κ2) is 11.1. The zero-order valence-corrected chi connectivity index (χ0v) is 19.0. The quantitative estimate of drug-likeness (QED) is 0.435. The van der Waals surface area contributed by atoms with Gasteiger partial charge in [0.1, 0.15) is 12.4 Å². The van der Waals surface area contributed by atoms with Gasteiger partial charge in [0.15, 0.2) is 5.13 Å². The van der Waals surface area contributed by atoms with Gasteiger partial charge in [-0.1, -0.05) is 42.3 Å². The maximum absolute atomic E-state index is 6.10. The maximum Gasteiger partial charge on any atom is 0.183 e. The van der Waals surface area contributed by atoms with Gasteiger partial charge in [0.2, 0.25) is 0 Å². The van der Waals surface area contributed by atoms with E-state index in [-0.39, 0.29) is 0 Å². The number of hydrogen-bond acceptors (Lipinski definition) is 4. The number of allylic oxidation sites excluding steroid dienone is 3. The van der Waals surface area contributed by atoms with Crippen LogP contribution in [-0.4, -0.2) is 18.1 Å². The number of aromatic nitrogens is 1. The Morgan fingerprint density at radius 2 is 1.93 bits per heavy atom. The van der Waals surface area contributed by atoms with Gasteiger partial charge in [-0.25, -0.2) is 4.98 Å². The molecule has 2 rings (SSSR count). The van der Waals surface area contributed by atoms with E-state index in [0.717, 1.165) is 36.0 Å². The van der Waals surface area contributed by atoms with Crippen molar-refractivity contribution in [3.63, 3.8) is 0 Å². The Morgan fingerprint density at radius 3 is 2.61 bits per heavy atom. The highest BCUT2D eigenvalue weighted by atomic mass is 32.1. The minimum atomic E-state index is 0.337. The third kappa shape index (κ3) is 7.16. The largest absolute Gasteiger partial charge is 0.489 e. The van der Waals surface area contributed by atoms with E-state index in [9.17, 15) is 0 Å². The first-order valence-electron chi connectivity index (χ1n) is 10.1. The predicted octanol–water partition coefficient (Wildman–Crippen LogP) is 7.05. The molecule has 152 valence electrons. The Hall–Kier alpha value is -2.07. The topological polar surface area (TPSA) is 34.1 Å². The van der Waals surface area contributed by atoms with E-state index >= 15 is 0 Å². The molecule has 4 heteroatoms. The first-order chi connectivity index (χ1) is 13.4. The Bertz CT molecular complexity index is 796. The molecule has 2 aromatic rings. The smallest absolute Gasteiger partial charge is 0.183 e. The fraction of sp³-hybridized carbons (Fsp3) is 0.458. The normalized spacial score (nSPS) is 12.6. The summed E-state index contributed by atoms with van der Waals surface area (Å²) in [6.07, 6.45) is 6.66. The summed E-state index contributed by atoms with van der Waals surface area (Å²) in [4.78, 5) is 5.84. The highest BCUT2D eigenvalue weighted by Gasteiger charge is 2.12. The van der Waals surface area contributed by atoms with E-state index in [0.29, 0.717) is 12.5 Å². The van der Waals surface area contributed by atoms with Crippen molar-refractivity contribution in [2.45, 2.75) is 60.3 Å². The van der Waals surface area contributed by atoms with Gasteiger partial charge in [-0.2, -0.15) is 0 Å². The van der Waals surface area contributed by atoms with Crippen LogP contribution in [0.25, 0.3) is 0 Å². The molecule has 0 saturated carbocycles. The summed E-state index contributed by atoms with van der Waals surface area (Å²) in [5.41, 5.74) is 5.09. The van der Waals surface area contributed by atoms with E-state index in [1.54, 1.807) is 11.3 Å². The number of benzene rings is 1. The number of rotatable bonds is 10. The summed E-state index contributed by atoms with van der Waals surface area (Å²) in [7, 11) is 0. The molecule has 1 N–H and O–H groups in total. The van der Waals surface area contributed by atoms with Crippen molar-refractivity contribution in [3.05, 3.63) is 63.7 Å². The number of nitrogens with zero attached hydrogens (tertiary/aromatic N) is 1. The van der Waals surface area contributed by atoms with Gasteiger partial charge in [0.05, 0.1) is 5.69 Å². The second-order valence-corrected chi connectivity index (χ2v) is 8.87. The number of para-hydroxylation sites is 1. The molecule has 0 radical (unpaired) electrons. The molecule has 3 nitrogen and oxygen atoms in total. The van der Waals surface area contributed by atoms with Crippen LogP contribution in [0, 0.1) is 13.8 Å². The van der Waals surface area contributed by atoms with Crippen molar-refractivity contribution in [1.82, 2.24) is 4.98 Å². The minimum Gasteiger partial charge on any atom is -0.489 e. The fourth-order valence-electron chi connectivity index (χ4n) is 2.88. The van der Waals surface area contributed by atoms with Gasteiger partial charge in [0.25, 0.3) is 0 Å². The van der Waals surface area contributed by atoms with E-state index < -0.39 is 0 Å². The molecular formula is C24H34N2OS. The van der Waals surface area contributed by atoms with Gasteiger partial charge in [0, 0.05) is 17.3 Å². The maximum atomic E-state index is 6.10. The fourth-order valence-corrected chi connectivity index (χ4v) is 3.70.